The van der Waals surface area contributed by atoms with Gasteiger partial charge in [0.1, 0.15) is 12.7 Å². The minimum absolute atomic E-state index is 0.0196. The fourth-order valence-corrected chi connectivity index (χ4v) is 1.39. The third-order valence-corrected chi connectivity index (χ3v) is 2.09. The lowest BCUT2D eigenvalue weighted by molar-refractivity contribution is 0.530. The van der Waals surface area contributed by atoms with E-state index in [2.05, 4.69) is 15.2 Å². The van der Waals surface area contributed by atoms with Gasteiger partial charge in [-0.05, 0) is 0 Å². The molecule has 2 aromatic heterocycles. The van der Waals surface area contributed by atoms with Gasteiger partial charge in [0.25, 0.3) is 0 Å². The minimum Gasteiger partial charge on any atom is -0.328 e. The Labute approximate surface area is 81.4 Å². The van der Waals surface area contributed by atoms with Crippen molar-refractivity contribution in [1.29, 1.82) is 0 Å². The molecular weight excluding hydrogens is 180 g/mol. The molecule has 0 radical (unpaired) electrons. The van der Waals surface area contributed by atoms with Gasteiger partial charge in [0.15, 0.2) is 0 Å². The summed E-state index contributed by atoms with van der Waals surface area (Å²) >= 11 is 0. The molecule has 0 spiro atoms. The highest BCUT2D eigenvalue weighted by atomic mass is 15.3. The summed E-state index contributed by atoms with van der Waals surface area (Å²) in [5, 5.41) is 8.16. The zero-order valence-electron chi connectivity index (χ0n) is 7.91. The Balaban J connectivity index is 2.31. The number of nitrogens with zero attached hydrogens (tertiary/aromatic N) is 5. The summed E-state index contributed by atoms with van der Waals surface area (Å²) in [5.74, 6) is 0. The first-order valence-corrected chi connectivity index (χ1v) is 4.34. The number of nitrogens with two attached hydrogens (primary N) is 1. The van der Waals surface area contributed by atoms with E-state index in [-0.39, 0.29) is 6.04 Å². The minimum atomic E-state index is 0.0196. The molecule has 6 heteroatoms. The summed E-state index contributed by atoms with van der Waals surface area (Å²) in [6.07, 6.45) is 6.88. The topological polar surface area (TPSA) is 74.5 Å². The van der Waals surface area contributed by atoms with Gasteiger partial charge in [-0.3, -0.25) is 4.68 Å². The maximum absolute atomic E-state index is 5.68. The van der Waals surface area contributed by atoms with Crippen molar-refractivity contribution in [2.24, 2.45) is 12.8 Å². The van der Waals surface area contributed by atoms with Gasteiger partial charge >= 0.3 is 0 Å². The van der Waals surface area contributed by atoms with Gasteiger partial charge in [0.05, 0.1) is 12.2 Å². The van der Waals surface area contributed by atoms with Gasteiger partial charge in [-0.15, -0.1) is 0 Å². The highest BCUT2D eigenvalue weighted by molar-refractivity contribution is 5.11. The standard InChI is InChI=1S/C8H12N6/c1-13-4-7(3-11-13)8(2-9)14-6-10-5-12-14/h3-6,8H,2,9H2,1H3. The number of aryl methyl sites for hydroxylation is 1. The second-order valence-corrected chi connectivity index (χ2v) is 3.07. The van der Waals surface area contributed by atoms with Crippen LogP contribution in [-0.2, 0) is 7.05 Å². The van der Waals surface area contributed by atoms with Gasteiger partial charge in [-0.1, -0.05) is 0 Å². The molecule has 0 bridgehead atoms. The van der Waals surface area contributed by atoms with Crippen LogP contribution in [0.1, 0.15) is 11.6 Å². The Bertz CT molecular complexity index is 390. The first kappa shape index (κ1) is 8.89. The molecule has 0 aliphatic carbocycles. The summed E-state index contributed by atoms with van der Waals surface area (Å²) in [5.41, 5.74) is 6.72. The van der Waals surface area contributed by atoms with Crippen LogP contribution >= 0.6 is 0 Å². The maximum atomic E-state index is 5.68. The zero-order valence-corrected chi connectivity index (χ0v) is 7.91. The molecule has 0 fully saturated rings. The van der Waals surface area contributed by atoms with E-state index in [1.54, 1.807) is 21.9 Å². The van der Waals surface area contributed by atoms with Crippen LogP contribution in [0, 0.1) is 0 Å². The third-order valence-electron chi connectivity index (χ3n) is 2.09. The molecule has 14 heavy (non-hydrogen) atoms. The molecule has 0 saturated carbocycles. The number of hydrogen-bond donors (Lipinski definition) is 1. The number of rotatable bonds is 3. The maximum Gasteiger partial charge on any atom is 0.137 e. The second-order valence-electron chi connectivity index (χ2n) is 3.07. The van der Waals surface area contributed by atoms with E-state index in [9.17, 15) is 0 Å². The van der Waals surface area contributed by atoms with E-state index in [1.165, 1.54) is 6.33 Å². The van der Waals surface area contributed by atoms with Crippen molar-refractivity contribution in [2.75, 3.05) is 6.54 Å². The fraction of sp³-hybridized carbons (Fsp3) is 0.375. The molecule has 0 amide bonds. The molecule has 6 nitrogen and oxygen atoms in total. The van der Waals surface area contributed by atoms with Gasteiger partial charge in [-0.2, -0.15) is 10.2 Å². The van der Waals surface area contributed by atoms with Crippen molar-refractivity contribution in [3.63, 3.8) is 0 Å². The van der Waals surface area contributed by atoms with Crippen molar-refractivity contribution >= 4 is 0 Å². The van der Waals surface area contributed by atoms with Crippen LogP contribution in [0.5, 0.6) is 0 Å². The average Bonchev–Trinajstić information content (AvgIpc) is 2.79. The van der Waals surface area contributed by atoms with Crippen LogP contribution in [0.25, 0.3) is 0 Å². The van der Waals surface area contributed by atoms with Crippen molar-refractivity contribution in [3.8, 4) is 0 Å². The van der Waals surface area contributed by atoms with Crippen LogP contribution in [0.4, 0.5) is 0 Å². The van der Waals surface area contributed by atoms with E-state index in [0.717, 1.165) is 5.56 Å². The average molecular weight is 192 g/mol. The molecule has 0 aromatic carbocycles. The molecule has 0 aliphatic rings. The lowest BCUT2D eigenvalue weighted by Gasteiger charge is -2.11. The SMILES string of the molecule is Cn1cc(C(CN)n2cncn2)cn1. The summed E-state index contributed by atoms with van der Waals surface area (Å²) in [6.45, 7) is 0.481. The Morgan fingerprint density at radius 2 is 2.36 bits per heavy atom. The normalized spacial score (nSPS) is 13.0. The summed E-state index contributed by atoms with van der Waals surface area (Å²) < 4.78 is 3.48. The van der Waals surface area contributed by atoms with Crippen LogP contribution in [0.2, 0.25) is 0 Å². The van der Waals surface area contributed by atoms with E-state index in [4.69, 9.17) is 5.73 Å². The molecule has 74 valence electrons. The molecule has 0 saturated heterocycles. The van der Waals surface area contributed by atoms with E-state index < -0.39 is 0 Å². The summed E-state index contributed by atoms with van der Waals surface area (Å²) in [6, 6.07) is 0.0196. The fourth-order valence-electron chi connectivity index (χ4n) is 1.39. The van der Waals surface area contributed by atoms with E-state index in [0.29, 0.717) is 6.54 Å². The predicted molar refractivity (Wildman–Crippen MR) is 50.4 cm³/mol. The monoisotopic (exact) mass is 192 g/mol. The Hall–Kier alpha value is -1.69. The predicted octanol–water partition coefficient (Wildman–Crippen LogP) is -0.440. The van der Waals surface area contributed by atoms with Gasteiger partial charge < -0.3 is 5.73 Å². The van der Waals surface area contributed by atoms with Crippen molar-refractivity contribution in [2.45, 2.75) is 6.04 Å². The highest BCUT2D eigenvalue weighted by Crippen LogP contribution is 2.13. The Morgan fingerprint density at radius 3 is 2.86 bits per heavy atom. The summed E-state index contributed by atoms with van der Waals surface area (Å²) in [4.78, 5) is 3.89. The Morgan fingerprint density at radius 1 is 1.50 bits per heavy atom. The lowest BCUT2D eigenvalue weighted by atomic mass is 10.2. The largest absolute Gasteiger partial charge is 0.328 e. The molecular formula is C8H12N6. The number of hydrogen-bond acceptors (Lipinski definition) is 4. The zero-order chi connectivity index (χ0) is 9.97. The summed E-state index contributed by atoms with van der Waals surface area (Å²) in [7, 11) is 1.87. The lowest BCUT2D eigenvalue weighted by Crippen LogP contribution is -2.20. The van der Waals surface area contributed by atoms with Gasteiger partial charge in [-0.25, -0.2) is 9.67 Å². The van der Waals surface area contributed by atoms with Crippen LogP contribution < -0.4 is 5.73 Å². The molecule has 2 rings (SSSR count). The Kier molecular flexibility index (Phi) is 2.28. The van der Waals surface area contributed by atoms with Crippen molar-refractivity contribution < 1.29 is 0 Å². The first-order valence-electron chi connectivity index (χ1n) is 4.34. The molecule has 1 unspecified atom stereocenters. The first-order chi connectivity index (χ1) is 6.81. The molecule has 0 aliphatic heterocycles. The van der Waals surface area contributed by atoms with E-state index >= 15 is 0 Å². The van der Waals surface area contributed by atoms with Gasteiger partial charge in [0, 0.05) is 25.4 Å². The molecule has 2 N–H and O–H groups in total. The molecule has 1 atom stereocenters. The second kappa shape index (κ2) is 3.59. The van der Waals surface area contributed by atoms with Crippen molar-refractivity contribution in [3.05, 3.63) is 30.6 Å². The van der Waals surface area contributed by atoms with Crippen LogP contribution in [0.15, 0.2) is 25.0 Å². The van der Waals surface area contributed by atoms with Crippen LogP contribution in [-0.4, -0.2) is 31.1 Å². The number of aromatic nitrogens is 5. The van der Waals surface area contributed by atoms with E-state index in [1.807, 2.05) is 13.2 Å². The van der Waals surface area contributed by atoms with Crippen molar-refractivity contribution in [1.82, 2.24) is 24.5 Å². The quantitative estimate of drug-likeness (QED) is 0.715. The smallest absolute Gasteiger partial charge is 0.137 e. The van der Waals surface area contributed by atoms with Crippen LogP contribution in [0.3, 0.4) is 0 Å². The molecule has 2 aromatic rings. The third kappa shape index (κ3) is 1.51. The van der Waals surface area contributed by atoms with Gasteiger partial charge in [0.2, 0.25) is 0 Å². The highest BCUT2D eigenvalue weighted by Gasteiger charge is 2.13. The molecule has 2 heterocycles.